The second-order valence-corrected chi connectivity index (χ2v) is 4.08. The summed E-state index contributed by atoms with van der Waals surface area (Å²) >= 11 is 5.85. The average molecular weight is 242 g/mol. The third kappa shape index (κ3) is 3.22. The number of carbonyl (C=O) groups is 1. The summed E-state index contributed by atoms with van der Waals surface area (Å²) in [7, 11) is 1.53. The molecule has 16 heavy (non-hydrogen) atoms. The van der Waals surface area contributed by atoms with Gasteiger partial charge < -0.3 is 10.5 Å². The average Bonchev–Trinajstić information content (AvgIpc) is 2.28. The zero-order valence-electron chi connectivity index (χ0n) is 9.50. The number of nitrogens with two attached hydrogens (primary N) is 1. The summed E-state index contributed by atoms with van der Waals surface area (Å²) in [6.07, 6.45) is 1.09. The highest BCUT2D eigenvalue weighted by atomic mass is 35.5. The Kier molecular flexibility index (Phi) is 4.77. The van der Waals surface area contributed by atoms with Crippen LogP contribution in [-0.2, 0) is 0 Å². The Balaban J connectivity index is 2.93. The summed E-state index contributed by atoms with van der Waals surface area (Å²) in [6, 6.07) is 4.88. The van der Waals surface area contributed by atoms with Gasteiger partial charge in [-0.25, -0.2) is 0 Å². The van der Waals surface area contributed by atoms with Crippen LogP contribution in [0, 0.1) is 0 Å². The van der Waals surface area contributed by atoms with Crippen LogP contribution in [0.25, 0.3) is 0 Å². The molecule has 1 rings (SSSR count). The van der Waals surface area contributed by atoms with Gasteiger partial charge in [-0.05, 0) is 24.6 Å². The third-order valence-corrected chi connectivity index (χ3v) is 2.67. The normalized spacial score (nSPS) is 12.2. The van der Waals surface area contributed by atoms with Crippen molar-refractivity contribution in [2.24, 2.45) is 5.73 Å². The fraction of sp³-hybridized carbons (Fsp3) is 0.417. The van der Waals surface area contributed by atoms with Gasteiger partial charge in [0, 0.05) is 17.5 Å². The third-order valence-electron chi connectivity index (χ3n) is 2.43. The summed E-state index contributed by atoms with van der Waals surface area (Å²) in [5, 5.41) is 0.522. The van der Waals surface area contributed by atoms with Gasteiger partial charge in [-0.3, -0.25) is 4.79 Å². The van der Waals surface area contributed by atoms with Crippen molar-refractivity contribution in [3.63, 3.8) is 0 Å². The Bertz CT molecular complexity index is 379. The molecule has 2 N–H and O–H groups in total. The van der Waals surface area contributed by atoms with Gasteiger partial charge in [0.25, 0.3) is 0 Å². The molecule has 0 bridgehead atoms. The zero-order valence-corrected chi connectivity index (χ0v) is 10.3. The van der Waals surface area contributed by atoms with E-state index in [1.165, 1.54) is 7.11 Å². The largest absolute Gasteiger partial charge is 0.496 e. The van der Waals surface area contributed by atoms with E-state index in [9.17, 15) is 4.79 Å². The van der Waals surface area contributed by atoms with Gasteiger partial charge in [0.05, 0.1) is 12.7 Å². The van der Waals surface area contributed by atoms with Gasteiger partial charge in [-0.1, -0.05) is 18.5 Å². The van der Waals surface area contributed by atoms with E-state index < -0.39 is 0 Å². The summed E-state index contributed by atoms with van der Waals surface area (Å²) < 4.78 is 5.12. The van der Waals surface area contributed by atoms with Gasteiger partial charge in [0.1, 0.15) is 5.75 Å². The number of methoxy groups -OCH3 is 1. The smallest absolute Gasteiger partial charge is 0.168 e. The number of Topliss-reactive ketones (excluding diaryl/α,β-unsaturated/α-hetero) is 1. The molecule has 0 saturated heterocycles. The van der Waals surface area contributed by atoms with E-state index >= 15 is 0 Å². The molecule has 1 aromatic rings. The minimum atomic E-state index is -0.115. The molecule has 0 aromatic heterocycles. The molecule has 3 nitrogen and oxygen atoms in total. The summed E-state index contributed by atoms with van der Waals surface area (Å²) in [6.45, 7) is 1.95. The molecular formula is C12H16ClNO2. The van der Waals surface area contributed by atoms with E-state index in [1.807, 2.05) is 6.92 Å². The van der Waals surface area contributed by atoms with Gasteiger partial charge in [-0.2, -0.15) is 0 Å². The van der Waals surface area contributed by atoms with E-state index in [0.29, 0.717) is 22.8 Å². The second kappa shape index (κ2) is 5.87. The van der Waals surface area contributed by atoms with Crippen LogP contribution in [0.1, 0.15) is 30.1 Å². The first-order valence-electron chi connectivity index (χ1n) is 5.20. The summed E-state index contributed by atoms with van der Waals surface area (Å²) in [5.41, 5.74) is 6.25. The van der Waals surface area contributed by atoms with Crippen molar-refractivity contribution in [2.75, 3.05) is 7.11 Å². The predicted molar refractivity (Wildman–Crippen MR) is 65.2 cm³/mol. The van der Waals surface area contributed by atoms with Crippen molar-refractivity contribution in [1.82, 2.24) is 0 Å². The van der Waals surface area contributed by atoms with Crippen molar-refractivity contribution in [3.05, 3.63) is 28.8 Å². The number of benzene rings is 1. The lowest BCUT2D eigenvalue weighted by molar-refractivity contribution is 0.0971. The molecule has 0 fully saturated rings. The minimum Gasteiger partial charge on any atom is -0.496 e. The number of ether oxygens (including phenoxy) is 1. The number of hydrogen-bond donors (Lipinski definition) is 1. The van der Waals surface area contributed by atoms with Gasteiger partial charge in [0.15, 0.2) is 5.78 Å². The van der Waals surface area contributed by atoms with Crippen LogP contribution in [0.5, 0.6) is 5.75 Å². The molecule has 0 amide bonds. The maximum absolute atomic E-state index is 11.9. The van der Waals surface area contributed by atoms with E-state index in [0.717, 1.165) is 6.42 Å². The molecule has 1 unspecified atom stereocenters. The van der Waals surface area contributed by atoms with Gasteiger partial charge >= 0.3 is 0 Å². The quantitative estimate of drug-likeness (QED) is 0.807. The maximum Gasteiger partial charge on any atom is 0.168 e. The number of carbonyl (C=O) groups excluding carboxylic acids is 1. The fourth-order valence-corrected chi connectivity index (χ4v) is 1.56. The standard InChI is InChI=1S/C12H16ClNO2/c1-3-9(14)7-11(15)10-6-8(13)4-5-12(10)16-2/h4-6,9H,3,7,14H2,1-2H3. The van der Waals surface area contributed by atoms with E-state index in [1.54, 1.807) is 18.2 Å². The molecule has 4 heteroatoms. The predicted octanol–water partition coefficient (Wildman–Crippen LogP) is 2.66. The first kappa shape index (κ1) is 13.0. The molecule has 0 aliphatic rings. The lowest BCUT2D eigenvalue weighted by Crippen LogP contribution is -2.22. The van der Waals surface area contributed by atoms with Gasteiger partial charge in [-0.15, -0.1) is 0 Å². The van der Waals surface area contributed by atoms with Crippen LogP contribution in [0.15, 0.2) is 18.2 Å². The molecule has 0 saturated carbocycles. The lowest BCUT2D eigenvalue weighted by Gasteiger charge is -2.10. The van der Waals surface area contributed by atoms with Gasteiger partial charge in [0.2, 0.25) is 0 Å². The number of halogens is 1. The molecule has 1 aromatic carbocycles. The first-order chi connectivity index (χ1) is 7.58. The summed E-state index contributed by atoms with van der Waals surface area (Å²) in [4.78, 5) is 11.9. The molecular weight excluding hydrogens is 226 g/mol. The first-order valence-corrected chi connectivity index (χ1v) is 5.58. The molecule has 0 aliphatic carbocycles. The highest BCUT2D eigenvalue weighted by Gasteiger charge is 2.15. The van der Waals surface area contributed by atoms with Crippen LogP contribution >= 0.6 is 11.6 Å². The monoisotopic (exact) mass is 241 g/mol. The Morgan fingerprint density at radius 1 is 1.56 bits per heavy atom. The van der Waals surface area contributed by atoms with Crippen LogP contribution in [0.3, 0.4) is 0 Å². The van der Waals surface area contributed by atoms with Crippen molar-refractivity contribution in [1.29, 1.82) is 0 Å². The Labute approximate surface area is 101 Å². The fourth-order valence-electron chi connectivity index (χ4n) is 1.39. The van der Waals surface area contributed by atoms with Crippen molar-refractivity contribution < 1.29 is 9.53 Å². The van der Waals surface area contributed by atoms with Crippen molar-refractivity contribution >= 4 is 17.4 Å². The maximum atomic E-state index is 11.9. The van der Waals surface area contributed by atoms with Crippen LogP contribution in [-0.4, -0.2) is 18.9 Å². The second-order valence-electron chi connectivity index (χ2n) is 3.64. The van der Waals surface area contributed by atoms with Crippen LogP contribution < -0.4 is 10.5 Å². The Morgan fingerprint density at radius 2 is 2.25 bits per heavy atom. The highest BCUT2D eigenvalue weighted by molar-refractivity contribution is 6.31. The molecule has 0 radical (unpaired) electrons. The van der Waals surface area contributed by atoms with Crippen LogP contribution in [0.4, 0.5) is 0 Å². The van der Waals surface area contributed by atoms with E-state index in [-0.39, 0.29) is 11.8 Å². The molecule has 0 heterocycles. The van der Waals surface area contributed by atoms with E-state index in [4.69, 9.17) is 22.1 Å². The molecule has 88 valence electrons. The lowest BCUT2D eigenvalue weighted by atomic mass is 10.0. The minimum absolute atomic E-state index is 0.0336. The number of hydrogen-bond acceptors (Lipinski definition) is 3. The number of ketones is 1. The van der Waals surface area contributed by atoms with Crippen molar-refractivity contribution in [2.45, 2.75) is 25.8 Å². The molecule has 0 aliphatic heterocycles. The topological polar surface area (TPSA) is 52.3 Å². The SMILES string of the molecule is CCC(N)CC(=O)c1cc(Cl)ccc1OC. The van der Waals surface area contributed by atoms with Crippen molar-refractivity contribution in [3.8, 4) is 5.75 Å². The Hall–Kier alpha value is -1.06. The molecule has 1 atom stereocenters. The Morgan fingerprint density at radius 3 is 2.81 bits per heavy atom. The van der Waals surface area contributed by atoms with Crippen LogP contribution in [0.2, 0.25) is 5.02 Å². The van der Waals surface area contributed by atoms with E-state index in [2.05, 4.69) is 0 Å². The molecule has 0 spiro atoms. The summed E-state index contributed by atoms with van der Waals surface area (Å²) in [5.74, 6) is 0.506. The number of rotatable bonds is 5. The zero-order chi connectivity index (χ0) is 12.1. The highest BCUT2D eigenvalue weighted by Crippen LogP contribution is 2.24.